The van der Waals surface area contributed by atoms with Crippen LogP contribution in [0.2, 0.25) is 0 Å². The fourth-order valence-corrected chi connectivity index (χ4v) is 1.01. The summed E-state index contributed by atoms with van der Waals surface area (Å²) in [6.07, 6.45) is 4.94. The van der Waals surface area contributed by atoms with Crippen molar-refractivity contribution in [3.05, 3.63) is 24.0 Å². The topological polar surface area (TPSA) is 41.6 Å². The number of nitriles is 1. The highest BCUT2D eigenvalue weighted by Crippen LogP contribution is 2.08. The number of hydrogen-bond acceptors (Lipinski definition) is 2. The van der Waals surface area contributed by atoms with E-state index in [1.807, 2.05) is 16.8 Å². The second-order valence-electron chi connectivity index (χ2n) is 2.76. The minimum Gasteiger partial charge on any atom is -0.263 e. The molecule has 0 bridgehead atoms. The van der Waals surface area contributed by atoms with Crippen LogP contribution in [0.4, 0.5) is 0 Å². The lowest BCUT2D eigenvalue weighted by molar-refractivity contribution is 0.528. The van der Waals surface area contributed by atoms with Crippen LogP contribution in [0.1, 0.15) is 25.6 Å². The number of allylic oxidation sites excluding steroid dienone is 1. The zero-order valence-corrected chi connectivity index (χ0v) is 7.23. The van der Waals surface area contributed by atoms with Gasteiger partial charge in [0.25, 0.3) is 0 Å². The first-order chi connectivity index (χ1) is 5.75. The summed E-state index contributed by atoms with van der Waals surface area (Å²) in [6.45, 7) is 4.10. The first-order valence-electron chi connectivity index (χ1n) is 3.85. The Morgan fingerprint density at radius 2 is 2.42 bits per heavy atom. The molecule has 12 heavy (non-hydrogen) atoms. The molecule has 0 aliphatic rings. The molecule has 0 aliphatic carbocycles. The Hall–Kier alpha value is -1.56. The molecule has 3 heteroatoms. The van der Waals surface area contributed by atoms with Gasteiger partial charge < -0.3 is 0 Å². The third kappa shape index (κ3) is 1.73. The van der Waals surface area contributed by atoms with Crippen LogP contribution in [-0.4, -0.2) is 9.78 Å². The van der Waals surface area contributed by atoms with Gasteiger partial charge in [0.05, 0.1) is 11.8 Å². The van der Waals surface area contributed by atoms with Crippen molar-refractivity contribution in [1.29, 1.82) is 5.26 Å². The molecule has 0 radical (unpaired) electrons. The summed E-state index contributed by atoms with van der Waals surface area (Å²) < 4.78 is 1.87. The lowest BCUT2D eigenvalue weighted by atomic mass is 10.3. The smallest absolute Gasteiger partial charge is 0.0912 e. The quantitative estimate of drug-likeness (QED) is 0.622. The molecule has 0 N–H and O–H groups in total. The zero-order chi connectivity index (χ0) is 8.97. The average Bonchev–Trinajstić information content (AvgIpc) is 2.48. The van der Waals surface area contributed by atoms with E-state index in [1.54, 1.807) is 12.3 Å². The predicted octanol–water partition coefficient (Wildman–Crippen LogP) is 2.00. The van der Waals surface area contributed by atoms with Crippen molar-refractivity contribution in [2.75, 3.05) is 0 Å². The van der Waals surface area contributed by atoms with Gasteiger partial charge in [0.2, 0.25) is 0 Å². The molecule has 1 aromatic heterocycles. The van der Waals surface area contributed by atoms with Crippen molar-refractivity contribution in [1.82, 2.24) is 9.78 Å². The minimum atomic E-state index is 0.332. The van der Waals surface area contributed by atoms with Crippen molar-refractivity contribution < 1.29 is 0 Å². The van der Waals surface area contributed by atoms with Gasteiger partial charge in [-0.25, -0.2) is 0 Å². The van der Waals surface area contributed by atoms with E-state index in [9.17, 15) is 0 Å². The Bertz CT molecular complexity index is 315. The second kappa shape index (κ2) is 3.72. The average molecular weight is 161 g/mol. The highest BCUT2D eigenvalue weighted by Gasteiger charge is 2.01. The molecule has 1 aromatic rings. The Kier molecular flexibility index (Phi) is 2.65. The van der Waals surface area contributed by atoms with E-state index < -0.39 is 0 Å². The molecule has 1 heterocycles. The van der Waals surface area contributed by atoms with E-state index in [4.69, 9.17) is 5.26 Å². The minimum absolute atomic E-state index is 0.332. The lowest BCUT2D eigenvalue weighted by Crippen LogP contribution is -2.04. The molecule has 62 valence electrons. The summed E-state index contributed by atoms with van der Waals surface area (Å²) in [7, 11) is 0. The number of hydrogen-bond donors (Lipinski definition) is 0. The van der Waals surface area contributed by atoms with Crippen LogP contribution in [0.15, 0.2) is 18.3 Å². The van der Waals surface area contributed by atoms with Crippen LogP contribution in [-0.2, 0) is 0 Å². The maximum atomic E-state index is 8.33. The third-order valence-corrected chi connectivity index (χ3v) is 1.52. The van der Waals surface area contributed by atoms with Crippen molar-refractivity contribution in [3.8, 4) is 6.07 Å². The highest BCUT2D eigenvalue weighted by molar-refractivity contribution is 5.47. The Morgan fingerprint density at radius 3 is 3.00 bits per heavy atom. The van der Waals surface area contributed by atoms with E-state index in [0.29, 0.717) is 6.04 Å². The molecule has 3 nitrogen and oxygen atoms in total. The molecular formula is C9H11N3. The summed E-state index contributed by atoms with van der Waals surface area (Å²) >= 11 is 0. The molecule has 0 saturated heterocycles. The number of aromatic nitrogens is 2. The fraction of sp³-hybridized carbons (Fsp3) is 0.333. The van der Waals surface area contributed by atoms with Crippen molar-refractivity contribution >= 4 is 6.08 Å². The van der Waals surface area contributed by atoms with Gasteiger partial charge in [-0.15, -0.1) is 0 Å². The first-order valence-corrected chi connectivity index (χ1v) is 3.85. The summed E-state index contributed by atoms with van der Waals surface area (Å²) in [5.41, 5.74) is 0.964. The molecule has 0 unspecified atom stereocenters. The van der Waals surface area contributed by atoms with E-state index in [1.165, 1.54) is 6.08 Å². The van der Waals surface area contributed by atoms with Gasteiger partial charge in [0.1, 0.15) is 0 Å². The highest BCUT2D eigenvalue weighted by atomic mass is 15.3. The monoisotopic (exact) mass is 161 g/mol. The third-order valence-electron chi connectivity index (χ3n) is 1.52. The van der Waals surface area contributed by atoms with E-state index in [0.717, 1.165) is 5.69 Å². The molecular weight excluding hydrogens is 150 g/mol. The fourth-order valence-electron chi connectivity index (χ4n) is 1.01. The Morgan fingerprint density at radius 1 is 1.67 bits per heavy atom. The van der Waals surface area contributed by atoms with E-state index in [-0.39, 0.29) is 0 Å². The largest absolute Gasteiger partial charge is 0.263 e. The van der Waals surface area contributed by atoms with Crippen LogP contribution in [0.5, 0.6) is 0 Å². The maximum absolute atomic E-state index is 8.33. The SMILES string of the molecule is CC(C)n1nccc1/C=C/C#N. The normalized spacial score (nSPS) is 10.8. The van der Waals surface area contributed by atoms with Gasteiger partial charge in [-0.2, -0.15) is 10.4 Å². The first kappa shape index (κ1) is 8.54. The number of nitrogens with zero attached hydrogens (tertiary/aromatic N) is 3. The predicted molar refractivity (Wildman–Crippen MR) is 47.3 cm³/mol. The molecule has 0 spiro atoms. The standard InChI is InChI=1S/C9H11N3/c1-8(2)12-9(4-3-6-10)5-7-11-12/h3-5,7-8H,1-2H3/b4-3+. The van der Waals surface area contributed by atoms with Gasteiger partial charge in [-0.3, -0.25) is 4.68 Å². The summed E-state index contributed by atoms with van der Waals surface area (Å²) in [6, 6.07) is 4.17. The van der Waals surface area contributed by atoms with Crippen molar-refractivity contribution in [2.45, 2.75) is 19.9 Å². The van der Waals surface area contributed by atoms with Gasteiger partial charge in [0, 0.05) is 18.3 Å². The molecule has 0 saturated carbocycles. The van der Waals surface area contributed by atoms with Crippen LogP contribution in [0, 0.1) is 11.3 Å². The van der Waals surface area contributed by atoms with Crippen LogP contribution < -0.4 is 0 Å². The number of rotatable bonds is 2. The van der Waals surface area contributed by atoms with Crippen LogP contribution in [0.3, 0.4) is 0 Å². The van der Waals surface area contributed by atoms with Crippen molar-refractivity contribution in [2.24, 2.45) is 0 Å². The molecule has 0 aromatic carbocycles. The summed E-state index contributed by atoms with van der Waals surface area (Å²) in [5.74, 6) is 0. The molecule has 0 aliphatic heterocycles. The summed E-state index contributed by atoms with van der Waals surface area (Å²) in [5, 5.41) is 12.5. The van der Waals surface area contributed by atoms with E-state index in [2.05, 4.69) is 18.9 Å². The lowest BCUT2D eigenvalue weighted by Gasteiger charge is -2.06. The maximum Gasteiger partial charge on any atom is 0.0912 e. The Labute approximate surface area is 71.9 Å². The van der Waals surface area contributed by atoms with Crippen molar-refractivity contribution in [3.63, 3.8) is 0 Å². The van der Waals surface area contributed by atoms with Gasteiger partial charge in [-0.1, -0.05) is 0 Å². The van der Waals surface area contributed by atoms with Crippen LogP contribution >= 0.6 is 0 Å². The van der Waals surface area contributed by atoms with Gasteiger partial charge >= 0.3 is 0 Å². The van der Waals surface area contributed by atoms with Gasteiger partial charge in [-0.05, 0) is 26.0 Å². The zero-order valence-electron chi connectivity index (χ0n) is 7.23. The molecule has 0 fully saturated rings. The molecule has 0 atom stereocenters. The Balaban J connectivity index is 2.93. The van der Waals surface area contributed by atoms with Crippen LogP contribution in [0.25, 0.3) is 6.08 Å². The van der Waals surface area contributed by atoms with E-state index >= 15 is 0 Å². The summed E-state index contributed by atoms with van der Waals surface area (Å²) in [4.78, 5) is 0. The molecule has 0 amide bonds. The molecule has 1 rings (SSSR count). The second-order valence-corrected chi connectivity index (χ2v) is 2.76. The van der Waals surface area contributed by atoms with Gasteiger partial charge in [0.15, 0.2) is 0 Å².